The van der Waals surface area contributed by atoms with Crippen molar-refractivity contribution in [1.82, 2.24) is 0 Å². The lowest BCUT2D eigenvalue weighted by Crippen LogP contribution is -2.52. The van der Waals surface area contributed by atoms with Crippen LogP contribution in [0, 0.1) is 5.92 Å². The Morgan fingerprint density at radius 2 is 1.70 bits per heavy atom. The molecule has 0 amide bonds. The second-order valence-electron chi connectivity index (χ2n) is 11.0. The molecule has 0 fully saturated rings. The highest BCUT2D eigenvalue weighted by Crippen LogP contribution is 2.44. The molecule has 1 aliphatic heterocycles. The minimum absolute atomic E-state index is 0.00655. The first-order valence-electron chi connectivity index (χ1n) is 13.7. The lowest BCUT2D eigenvalue weighted by Gasteiger charge is -2.45. The molecule has 6 heteroatoms. The molecule has 1 aromatic rings. The van der Waals surface area contributed by atoms with E-state index in [0.717, 1.165) is 24.0 Å². The molecule has 0 saturated carbocycles. The lowest BCUT2D eigenvalue weighted by atomic mass is 10.0. The first-order chi connectivity index (χ1) is 17.6. The molecule has 0 N–H and O–H groups in total. The molecular formula is C31H48O5Si. The summed E-state index contributed by atoms with van der Waals surface area (Å²) >= 11 is 0. The predicted octanol–water partition coefficient (Wildman–Crippen LogP) is 7.78. The number of benzene rings is 1. The molecule has 4 atom stereocenters. The monoisotopic (exact) mass is 528 g/mol. The maximum atomic E-state index is 11.1. The molecule has 1 unspecified atom stereocenters. The van der Waals surface area contributed by atoms with E-state index in [2.05, 4.69) is 66.7 Å². The SMILES string of the molecule is COc1ccc(CO[C@@H](C/C=C/C=O)[C@H](/C=C/[C@@H]2CC(C)C=CO2)O[Si](C(C)C)(C(C)C)C(C)C)cc1. The van der Waals surface area contributed by atoms with Gasteiger partial charge in [0.25, 0.3) is 0 Å². The summed E-state index contributed by atoms with van der Waals surface area (Å²) in [5.41, 5.74) is 2.36. The smallest absolute Gasteiger partial charge is 0.201 e. The normalized spacial score (nSPS) is 20.2. The van der Waals surface area contributed by atoms with Gasteiger partial charge in [-0.25, -0.2) is 0 Å². The van der Waals surface area contributed by atoms with Gasteiger partial charge in [0.05, 0.1) is 32.2 Å². The van der Waals surface area contributed by atoms with Crippen molar-refractivity contribution >= 4 is 14.6 Å². The van der Waals surface area contributed by atoms with E-state index < -0.39 is 8.32 Å². The zero-order chi connectivity index (χ0) is 27.4. The summed E-state index contributed by atoms with van der Waals surface area (Å²) in [4.78, 5) is 11.1. The van der Waals surface area contributed by atoms with Gasteiger partial charge in [-0.2, -0.15) is 0 Å². The molecule has 0 aliphatic carbocycles. The summed E-state index contributed by atoms with van der Waals surface area (Å²) in [5.74, 6) is 1.28. The van der Waals surface area contributed by atoms with Crippen molar-refractivity contribution in [2.75, 3.05) is 7.11 Å². The third-order valence-electron chi connectivity index (χ3n) is 7.40. The largest absolute Gasteiger partial charge is 0.497 e. The molecule has 37 heavy (non-hydrogen) atoms. The van der Waals surface area contributed by atoms with Crippen LogP contribution in [0.1, 0.15) is 66.9 Å². The third kappa shape index (κ3) is 8.97. The van der Waals surface area contributed by atoms with Crippen LogP contribution in [0.4, 0.5) is 0 Å². The fourth-order valence-electron chi connectivity index (χ4n) is 5.51. The van der Waals surface area contributed by atoms with E-state index in [1.807, 2.05) is 30.3 Å². The van der Waals surface area contributed by atoms with E-state index in [4.69, 9.17) is 18.6 Å². The van der Waals surface area contributed by atoms with E-state index in [-0.39, 0.29) is 18.3 Å². The van der Waals surface area contributed by atoms with Crippen molar-refractivity contribution in [2.45, 2.75) is 103 Å². The quantitative estimate of drug-likeness (QED) is 0.101. The summed E-state index contributed by atoms with van der Waals surface area (Å²) in [5, 5.41) is 0. The maximum Gasteiger partial charge on any atom is 0.201 e. The van der Waals surface area contributed by atoms with E-state index in [0.29, 0.717) is 35.6 Å². The van der Waals surface area contributed by atoms with Crippen molar-refractivity contribution in [3.05, 3.63) is 66.5 Å². The van der Waals surface area contributed by atoms with Crippen LogP contribution in [0.25, 0.3) is 0 Å². The highest BCUT2D eigenvalue weighted by molar-refractivity contribution is 6.77. The van der Waals surface area contributed by atoms with Crippen LogP contribution >= 0.6 is 0 Å². The van der Waals surface area contributed by atoms with Crippen molar-refractivity contribution in [3.8, 4) is 5.75 Å². The van der Waals surface area contributed by atoms with Crippen molar-refractivity contribution in [2.24, 2.45) is 5.92 Å². The number of rotatable bonds is 15. The Hall–Kier alpha value is -2.15. The van der Waals surface area contributed by atoms with E-state index >= 15 is 0 Å². The van der Waals surface area contributed by atoms with Crippen LogP contribution in [-0.2, 0) is 25.3 Å². The Bertz CT molecular complexity index is 866. The zero-order valence-electron chi connectivity index (χ0n) is 24.1. The van der Waals surface area contributed by atoms with Gasteiger partial charge in [-0.15, -0.1) is 0 Å². The number of allylic oxidation sites excluding steroid dienone is 2. The summed E-state index contributed by atoms with van der Waals surface area (Å²) in [6.45, 7) is 16.4. The summed E-state index contributed by atoms with van der Waals surface area (Å²) in [6, 6.07) is 7.91. The fourth-order valence-corrected chi connectivity index (χ4v) is 11.0. The second kappa shape index (κ2) is 15.3. The summed E-state index contributed by atoms with van der Waals surface area (Å²) in [6.07, 6.45) is 13.4. The summed E-state index contributed by atoms with van der Waals surface area (Å²) < 4.78 is 25.0. The Labute approximate surface area is 226 Å². The standard InChI is InChI=1S/C31H48O5Si/c1-23(2)37(24(3)4,25(5)6)36-31(17-16-29-21-26(7)18-20-34-29)30(11-9-10-19-32)35-22-27-12-14-28(33-8)15-13-27/h9-10,12-20,23-26,29-31H,11,21-22H2,1-8H3/b10-9+,17-16+/t26?,29-,30+,31+/m1/s1. The van der Waals surface area contributed by atoms with Gasteiger partial charge < -0.3 is 18.6 Å². The molecular weight excluding hydrogens is 480 g/mol. The number of ether oxygens (including phenoxy) is 3. The minimum atomic E-state index is -2.22. The Balaban J connectivity index is 2.41. The molecule has 0 spiro atoms. The van der Waals surface area contributed by atoms with Gasteiger partial charge in [-0.3, -0.25) is 4.79 Å². The molecule has 2 rings (SSSR count). The van der Waals surface area contributed by atoms with Crippen LogP contribution in [0.2, 0.25) is 16.6 Å². The molecule has 0 radical (unpaired) electrons. The number of carbonyl (C=O) groups excluding carboxylic acids is 1. The molecule has 5 nitrogen and oxygen atoms in total. The second-order valence-corrected chi connectivity index (χ2v) is 16.4. The average Bonchev–Trinajstić information content (AvgIpc) is 2.86. The number of carbonyl (C=O) groups is 1. The summed E-state index contributed by atoms with van der Waals surface area (Å²) in [7, 11) is -0.555. The number of hydrogen-bond acceptors (Lipinski definition) is 5. The number of methoxy groups -OCH3 is 1. The van der Waals surface area contributed by atoms with Gasteiger partial charge in [-0.1, -0.05) is 72.8 Å². The van der Waals surface area contributed by atoms with Crippen LogP contribution < -0.4 is 4.74 Å². The van der Waals surface area contributed by atoms with Crippen LogP contribution in [0.3, 0.4) is 0 Å². The van der Waals surface area contributed by atoms with E-state index in [1.165, 1.54) is 0 Å². The van der Waals surface area contributed by atoms with Gasteiger partial charge in [-0.05, 0) is 71.3 Å². The molecule has 1 aliphatic rings. The van der Waals surface area contributed by atoms with Gasteiger partial charge in [0.15, 0.2) is 0 Å². The lowest BCUT2D eigenvalue weighted by molar-refractivity contribution is -0.104. The highest BCUT2D eigenvalue weighted by Gasteiger charge is 2.47. The molecule has 1 heterocycles. The Morgan fingerprint density at radius 3 is 2.24 bits per heavy atom. The number of hydrogen-bond donors (Lipinski definition) is 0. The first-order valence-corrected chi connectivity index (χ1v) is 15.8. The molecule has 206 valence electrons. The average molecular weight is 529 g/mol. The Morgan fingerprint density at radius 1 is 1.05 bits per heavy atom. The van der Waals surface area contributed by atoms with Crippen molar-refractivity contribution in [3.63, 3.8) is 0 Å². The number of aldehydes is 1. The van der Waals surface area contributed by atoms with Crippen LogP contribution in [-0.4, -0.2) is 40.0 Å². The Kier molecular flexibility index (Phi) is 12.9. The third-order valence-corrected chi connectivity index (χ3v) is 13.5. The zero-order valence-corrected chi connectivity index (χ0v) is 25.1. The maximum absolute atomic E-state index is 11.1. The highest BCUT2D eigenvalue weighted by atomic mass is 28.4. The first kappa shape index (κ1) is 31.1. The molecule has 0 saturated heterocycles. The fraction of sp³-hybridized carbons (Fsp3) is 0.581. The molecule has 1 aromatic carbocycles. The van der Waals surface area contributed by atoms with Crippen LogP contribution in [0.5, 0.6) is 5.75 Å². The van der Waals surface area contributed by atoms with Gasteiger partial charge in [0.1, 0.15) is 18.1 Å². The van der Waals surface area contributed by atoms with E-state index in [9.17, 15) is 4.79 Å². The minimum Gasteiger partial charge on any atom is -0.497 e. The van der Waals surface area contributed by atoms with Gasteiger partial charge >= 0.3 is 0 Å². The molecule has 0 bridgehead atoms. The van der Waals surface area contributed by atoms with Crippen LogP contribution in [0.15, 0.2) is 60.9 Å². The molecule has 0 aromatic heterocycles. The predicted molar refractivity (Wildman–Crippen MR) is 154 cm³/mol. The van der Waals surface area contributed by atoms with Gasteiger partial charge in [0, 0.05) is 0 Å². The van der Waals surface area contributed by atoms with Gasteiger partial charge in [0.2, 0.25) is 8.32 Å². The van der Waals surface area contributed by atoms with E-state index in [1.54, 1.807) is 19.4 Å². The van der Waals surface area contributed by atoms with Crippen molar-refractivity contribution < 1.29 is 23.4 Å². The topological polar surface area (TPSA) is 54.0 Å². The van der Waals surface area contributed by atoms with Crippen molar-refractivity contribution in [1.29, 1.82) is 0 Å².